The number of piperazine rings is 1. The maximum Gasteiger partial charge on any atom is 0.242 e. The smallest absolute Gasteiger partial charge is 0.242 e. The molecule has 0 aromatic carbocycles. The third-order valence-electron chi connectivity index (χ3n) is 3.73. The standard InChI is InChI=1S/C12H21N3O2.ClH/c1-8(9(2)13)12(17)14-5-6-15(10-3-4-10)11(16)7-14;/h8-10H,3-7,13H2,1-2H3;1H. The van der Waals surface area contributed by atoms with E-state index < -0.39 is 0 Å². The lowest BCUT2D eigenvalue weighted by molar-refractivity contribution is -0.148. The molecule has 2 unspecified atom stereocenters. The molecule has 2 fully saturated rings. The number of hydrogen-bond donors (Lipinski definition) is 1. The van der Waals surface area contributed by atoms with E-state index in [1.807, 2.05) is 18.7 Å². The average Bonchev–Trinajstić information content (AvgIpc) is 3.10. The number of halogens is 1. The summed E-state index contributed by atoms with van der Waals surface area (Å²) in [4.78, 5) is 27.5. The van der Waals surface area contributed by atoms with Gasteiger partial charge in [0.1, 0.15) is 0 Å². The van der Waals surface area contributed by atoms with Crippen molar-refractivity contribution in [1.82, 2.24) is 9.80 Å². The van der Waals surface area contributed by atoms with E-state index in [2.05, 4.69) is 0 Å². The van der Waals surface area contributed by atoms with Crippen LogP contribution in [0.5, 0.6) is 0 Å². The van der Waals surface area contributed by atoms with Crippen LogP contribution in [0.3, 0.4) is 0 Å². The fourth-order valence-corrected chi connectivity index (χ4v) is 2.16. The van der Waals surface area contributed by atoms with Crippen molar-refractivity contribution in [3.05, 3.63) is 0 Å². The van der Waals surface area contributed by atoms with Gasteiger partial charge >= 0.3 is 0 Å². The summed E-state index contributed by atoms with van der Waals surface area (Å²) in [5.74, 6) is -0.122. The highest BCUT2D eigenvalue weighted by Gasteiger charge is 2.37. The van der Waals surface area contributed by atoms with Gasteiger partial charge in [0, 0.05) is 25.2 Å². The maximum absolute atomic E-state index is 12.1. The zero-order valence-corrected chi connectivity index (χ0v) is 11.8. The molecule has 2 rings (SSSR count). The van der Waals surface area contributed by atoms with Gasteiger partial charge in [-0.05, 0) is 19.8 Å². The molecule has 2 amide bonds. The predicted octanol–water partition coefficient (Wildman–Crippen LogP) is 0.225. The van der Waals surface area contributed by atoms with Gasteiger partial charge in [0.2, 0.25) is 11.8 Å². The topological polar surface area (TPSA) is 66.6 Å². The van der Waals surface area contributed by atoms with Crippen LogP contribution in [0.1, 0.15) is 26.7 Å². The molecule has 0 aromatic rings. The van der Waals surface area contributed by atoms with Gasteiger partial charge in [0.25, 0.3) is 0 Å². The Balaban J connectivity index is 0.00000162. The Morgan fingerprint density at radius 1 is 1.33 bits per heavy atom. The number of hydrogen-bond acceptors (Lipinski definition) is 3. The minimum Gasteiger partial charge on any atom is -0.336 e. The number of amides is 2. The van der Waals surface area contributed by atoms with Crippen molar-refractivity contribution in [2.24, 2.45) is 11.7 Å². The minimum atomic E-state index is -0.213. The van der Waals surface area contributed by atoms with Gasteiger partial charge in [-0.1, -0.05) is 6.92 Å². The number of rotatable bonds is 3. The number of nitrogens with zero attached hydrogens (tertiary/aromatic N) is 2. The van der Waals surface area contributed by atoms with E-state index in [1.54, 1.807) is 4.90 Å². The first-order valence-corrected chi connectivity index (χ1v) is 6.34. The molecule has 6 heteroatoms. The van der Waals surface area contributed by atoms with Gasteiger partial charge in [0.05, 0.1) is 12.5 Å². The highest BCUT2D eigenvalue weighted by Crippen LogP contribution is 2.28. The summed E-state index contributed by atoms with van der Waals surface area (Å²) in [5, 5.41) is 0. The molecule has 104 valence electrons. The maximum atomic E-state index is 12.1. The van der Waals surface area contributed by atoms with E-state index >= 15 is 0 Å². The summed E-state index contributed by atoms with van der Waals surface area (Å²) >= 11 is 0. The third-order valence-corrected chi connectivity index (χ3v) is 3.73. The van der Waals surface area contributed by atoms with Crippen molar-refractivity contribution >= 4 is 24.2 Å². The Kier molecular flexibility index (Phi) is 4.99. The van der Waals surface area contributed by atoms with E-state index in [1.165, 1.54) is 0 Å². The molecule has 1 saturated heterocycles. The van der Waals surface area contributed by atoms with E-state index in [-0.39, 0.29) is 42.7 Å². The third kappa shape index (κ3) is 3.14. The lowest BCUT2D eigenvalue weighted by Gasteiger charge is -2.36. The highest BCUT2D eigenvalue weighted by atomic mass is 35.5. The van der Waals surface area contributed by atoms with Crippen LogP contribution in [-0.2, 0) is 9.59 Å². The Morgan fingerprint density at radius 3 is 2.39 bits per heavy atom. The van der Waals surface area contributed by atoms with Gasteiger partial charge in [-0.3, -0.25) is 9.59 Å². The summed E-state index contributed by atoms with van der Waals surface area (Å²) in [6, 6.07) is 0.282. The SMILES string of the molecule is CC(N)C(C)C(=O)N1CCN(C2CC2)C(=O)C1.Cl. The van der Waals surface area contributed by atoms with E-state index in [4.69, 9.17) is 5.73 Å². The second-order valence-corrected chi connectivity index (χ2v) is 5.23. The second-order valence-electron chi connectivity index (χ2n) is 5.23. The summed E-state index contributed by atoms with van der Waals surface area (Å²) in [7, 11) is 0. The monoisotopic (exact) mass is 275 g/mol. The zero-order valence-electron chi connectivity index (χ0n) is 11.0. The summed E-state index contributed by atoms with van der Waals surface area (Å²) in [6.45, 7) is 5.21. The van der Waals surface area contributed by atoms with Crippen molar-refractivity contribution in [2.75, 3.05) is 19.6 Å². The largest absolute Gasteiger partial charge is 0.336 e. The lowest BCUT2D eigenvalue weighted by atomic mass is 10.0. The van der Waals surface area contributed by atoms with Crippen molar-refractivity contribution in [3.63, 3.8) is 0 Å². The van der Waals surface area contributed by atoms with Crippen molar-refractivity contribution < 1.29 is 9.59 Å². The minimum absolute atomic E-state index is 0. The fourth-order valence-electron chi connectivity index (χ4n) is 2.16. The van der Waals surface area contributed by atoms with Gasteiger partial charge in [-0.25, -0.2) is 0 Å². The predicted molar refractivity (Wildman–Crippen MR) is 71.4 cm³/mol. The van der Waals surface area contributed by atoms with E-state index in [9.17, 15) is 9.59 Å². The first-order chi connectivity index (χ1) is 8.00. The van der Waals surface area contributed by atoms with E-state index in [0.29, 0.717) is 19.1 Å². The van der Waals surface area contributed by atoms with Gasteiger partial charge in [0.15, 0.2) is 0 Å². The van der Waals surface area contributed by atoms with Crippen molar-refractivity contribution in [1.29, 1.82) is 0 Å². The van der Waals surface area contributed by atoms with Gasteiger partial charge < -0.3 is 15.5 Å². The molecule has 1 aliphatic carbocycles. The van der Waals surface area contributed by atoms with Crippen molar-refractivity contribution in [3.8, 4) is 0 Å². The first-order valence-electron chi connectivity index (χ1n) is 6.34. The molecule has 2 aliphatic rings. The van der Waals surface area contributed by atoms with Crippen LogP contribution in [0.4, 0.5) is 0 Å². The van der Waals surface area contributed by atoms with Crippen LogP contribution in [0.15, 0.2) is 0 Å². The molecular formula is C12H22ClN3O2. The Labute approximate surface area is 114 Å². The highest BCUT2D eigenvalue weighted by molar-refractivity contribution is 5.87. The van der Waals surface area contributed by atoms with E-state index in [0.717, 1.165) is 12.8 Å². The molecule has 2 N–H and O–H groups in total. The molecular weight excluding hydrogens is 254 g/mol. The second kappa shape index (κ2) is 5.89. The fraction of sp³-hybridized carbons (Fsp3) is 0.833. The lowest BCUT2D eigenvalue weighted by Crippen LogP contribution is -2.55. The summed E-state index contributed by atoms with van der Waals surface area (Å²) in [5.41, 5.74) is 5.72. The summed E-state index contributed by atoms with van der Waals surface area (Å²) < 4.78 is 0. The van der Waals surface area contributed by atoms with Crippen LogP contribution < -0.4 is 5.73 Å². The molecule has 1 heterocycles. The molecule has 0 aromatic heterocycles. The molecule has 0 radical (unpaired) electrons. The van der Waals surface area contributed by atoms with Crippen LogP contribution in [0.25, 0.3) is 0 Å². The normalized spacial score (nSPS) is 23.4. The number of nitrogens with two attached hydrogens (primary N) is 1. The number of carbonyl (C=O) groups excluding carboxylic acids is 2. The van der Waals surface area contributed by atoms with Crippen LogP contribution in [0.2, 0.25) is 0 Å². The molecule has 18 heavy (non-hydrogen) atoms. The molecule has 5 nitrogen and oxygen atoms in total. The molecule has 0 bridgehead atoms. The molecule has 1 saturated carbocycles. The van der Waals surface area contributed by atoms with Crippen LogP contribution in [-0.4, -0.2) is 53.3 Å². The first kappa shape index (κ1) is 15.2. The van der Waals surface area contributed by atoms with Gasteiger partial charge in [-0.2, -0.15) is 0 Å². The Bertz CT molecular complexity index is 331. The molecule has 2 atom stereocenters. The average molecular weight is 276 g/mol. The van der Waals surface area contributed by atoms with Gasteiger partial charge in [-0.15, -0.1) is 12.4 Å². The molecule has 0 spiro atoms. The zero-order chi connectivity index (χ0) is 12.6. The Hall–Kier alpha value is -0.810. The number of carbonyl (C=O) groups is 2. The van der Waals surface area contributed by atoms with Crippen LogP contribution in [0, 0.1) is 5.92 Å². The van der Waals surface area contributed by atoms with Crippen LogP contribution >= 0.6 is 12.4 Å². The Morgan fingerprint density at radius 2 is 1.94 bits per heavy atom. The summed E-state index contributed by atoms with van der Waals surface area (Å²) in [6.07, 6.45) is 2.24. The molecule has 1 aliphatic heterocycles. The van der Waals surface area contributed by atoms with Crippen molar-refractivity contribution in [2.45, 2.75) is 38.8 Å². The quantitative estimate of drug-likeness (QED) is 0.802.